The van der Waals surface area contributed by atoms with Gasteiger partial charge in [0.1, 0.15) is 11.5 Å². The number of piperazine rings is 1. The van der Waals surface area contributed by atoms with Gasteiger partial charge < -0.3 is 10.2 Å². The van der Waals surface area contributed by atoms with Crippen molar-refractivity contribution in [1.29, 1.82) is 0 Å². The molecule has 2 aromatic rings. The summed E-state index contributed by atoms with van der Waals surface area (Å²) in [4.78, 5) is 41.1. The third-order valence-electron chi connectivity index (χ3n) is 5.86. The highest BCUT2D eigenvalue weighted by Gasteiger charge is 2.24. The summed E-state index contributed by atoms with van der Waals surface area (Å²) in [5, 5.41) is 2.77. The molecular weight excluding hydrogens is 470 g/mol. The molecule has 0 saturated carbocycles. The predicted molar refractivity (Wildman–Crippen MR) is 131 cm³/mol. The second kappa shape index (κ2) is 11.4. The molecule has 0 aliphatic carbocycles. The van der Waals surface area contributed by atoms with Crippen LogP contribution in [0.4, 0.5) is 5.69 Å². The Kier molecular flexibility index (Phi) is 8.03. The quantitative estimate of drug-likeness (QED) is 0.608. The SMILES string of the molecule is O=C(CN1CCN(C(=O)c2cnccn2)CC1)Nc1cccc(S(=O)(=O)NC2=NCCCCC2)c1. The van der Waals surface area contributed by atoms with E-state index in [9.17, 15) is 18.0 Å². The Balaban J connectivity index is 1.29. The first-order chi connectivity index (χ1) is 16.9. The van der Waals surface area contributed by atoms with Gasteiger partial charge in [-0.15, -0.1) is 0 Å². The molecule has 3 heterocycles. The number of hydrogen-bond donors (Lipinski definition) is 2. The van der Waals surface area contributed by atoms with Crippen LogP contribution < -0.4 is 10.0 Å². The minimum atomic E-state index is -3.79. The number of nitrogens with one attached hydrogen (secondary N) is 2. The van der Waals surface area contributed by atoms with E-state index in [2.05, 4.69) is 25.0 Å². The number of carbonyl (C=O) groups excluding carboxylic acids is 2. The topological polar surface area (TPSA) is 137 Å². The average molecular weight is 500 g/mol. The average Bonchev–Trinajstić information content (AvgIpc) is 3.13. The minimum Gasteiger partial charge on any atom is -0.335 e. The van der Waals surface area contributed by atoms with Gasteiger partial charge in [-0.2, -0.15) is 0 Å². The lowest BCUT2D eigenvalue weighted by Crippen LogP contribution is -2.50. The van der Waals surface area contributed by atoms with Gasteiger partial charge in [0.05, 0.1) is 17.6 Å². The van der Waals surface area contributed by atoms with Crippen LogP contribution in [-0.2, 0) is 14.8 Å². The number of benzene rings is 1. The van der Waals surface area contributed by atoms with Crippen molar-refractivity contribution in [3.05, 3.63) is 48.5 Å². The van der Waals surface area contributed by atoms with Crippen LogP contribution >= 0.6 is 0 Å². The van der Waals surface area contributed by atoms with Gasteiger partial charge in [-0.1, -0.05) is 12.5 Å². The van der Waals surface area contributed by atoms with Crippen LogP contribution in [0.2, 0.25) is 0 Å². The monoisotopic (exact) mass is 499 g/mol. The summed E-state index contributed by atoms with van der Waals surface area (Å²) in [6.07, 6.45) is 7.93. The molecule has 35 heavy (non-hydrogen) atoms. The first-order valence-corrected chi connectivity index (χ1v) is 13.1. The number of aliphatic imine (C=N–C) groups is 1. The Morgan fingerprint density at radius 2 is 1.86 bits per heavy atom. The van der Waals surface area contributed by atoms with Crippen LogP contribution in [0, 0.1) is 0 Å². The molecule has 186 valence electrons. The van der Waals surface area contributed by atoms with E-state index in [1.165, 1.54) is 30.7 Å². The fraction of sp³-hybridized carbons (Fsp3) is 0.435. The summed E-state index contributed by atoms with van der Waals surface area (Å²) < 4.78 is 28.2. The molecule has 0 radical (unpaired) electrons. The molecule has 0 spiro atoms. The number of sulfonamides is 1. The summed E-state index contributed by atoms with van der Waals surface area (Å²) in [5.41, 5.74) is 0.700. The van der Waals surface area contributed by atoms with Crippen molar-refractivity contribution in [2.24, 2.45) is 4.99 Å². The largest absolute Gasteiger partial charge is 0.335 e. The highest BCUT2D eigenvalue weighted by Crippen LogP contribution is 2.17. The fourth-order valence-electron chi connectivity index (χ4n) is 4.00. The van der Waals surface area contributed by atoms with E-state index in [1.54, 1.807) is 17.0 Å². The normalized spacial score (nSPS) is 17.3. The maximum Gasteiger partial charge on any atom is 0.274 e. The van der Waals surface area contributed by atoms with E-state index in [0.717, 1.165) is 19.3 Å². The van der Waals surface area contributed by atoms with Gasteiger partial charge in [-0.05, 0) is 31.0 Å². The van der Waals surface area contributed by atoms with Gasteiger partial charge in [-0.3, -0.25) is 29.2 Å². The highest BCUT2D eigenvalue weighted by atomic mass is 32.2. The first-order valence-electron chi connectivity index (χ1n) is 11.6. The van der Waals surface area contributed by atoms with E-state index >= 15 is 0 Å². The molecule has 2 amide bonds. The van der Waals surface area contributed by atoms with Crippen molar-refractivity contribution < 1.29 is 18.0 Å². The van der Waals surface area contributed by atoms with Crippen molar-refractivity contribution in [2.45, 2.75) is 30.6 Å². The van der Waals surface area contributed by atoms with Crippen LogP contribution in [0.25, 0.3) is 0 Å². The van der Waals surface area contributed by atoms with E-state index in [1.807, 2.05) is 4.90 Å². The van der Waals surface area contributed by atoms with Crippen LogP contribution in [0.15, 0.2) is 52.7 Å². The Hall–Kier alpha value is -3.38. The standard InChI is InChI=1S/C23H29N7O4S/c31-22(17-29-11-13-30(14-12-29)23(32)20-16-24-9-10-25-20)27-18-5-4-6-19(15-18)35(33,34)28-21-7-2-1-3-8-26-21/h4-6,9-10,15-16H,1-3,7-8,11-14,17H2,(H,26,28)(H,27,31). The van der Waals surface area contributed by atoms with Gasteiger partial charge in [0.15, 0.2) is 0 Å². The first kappa shape index (κ1) is 24.7. The molecule has 12 heteroatoms. The van der Waals surface area contributed by atoms with E-state index < -0.39 is 10.0 Å². The Morgan fingerprint density at radius 1 is 1.03 bits per heavy atom. The molecule has 0 atom stereocenters. The smallest absolute Gasteiger partial charge is 0.274 e. The van der Waals surface area contributed by atoms with Crippen molar-refractivity contribution in [3.8, 4) is 0 Å². The summed E-state index contributed by atoms with van der Waals surface area (Å²) in [7, 11) is -3.79. The zero-order valence-corrected chi connectivity index (χ0v) is 20.2. The van der Waals surface area contributed by atoms with Crippen molar-refractivity contribution in [3.63, 3.8) is 0 Å². The van der Waals surface area contributed by atoms with Crippen LogP contribution in [0.5, 0.6) is 0 Å². The van der Waals surface area contributed by atoms with Crippen LogP contribution in [-0.4, -0.2) is 85.1 Å². The third kappa shape index (κ3) is 6.83. The number of aromatic nitrogens is 2. The van der Waals surface area contributed by atoms with E-state index in [-0.39, 0.29) is 23.3 Å². The van der Waals surface area contributed by atoms with E-state index in [4.69, 9.17) is 0 Å². The molecule has 1 fully saturated rings. The molecule has 1 aromatic carbocycles. The summed E-state index contributed by atoms with van der Waals surface area (Å²) >= 11 is 0. The highest BCUT2D eigenvalue weighted by molar-refractivity contribution is 7.90. The Morgan fingerprint density at radius 3 is 2.63 bits per heavy atom. The molecule has 1 aromatic heterocycles. The van der Waals surface area contributed by atoms with Crippen LogP contribution in [0.1, 0.15) is 36.2 Å². The third-order valence-corrected chi connectivity index (χ3v) is 7.24. The number of carbonyl (C=O) groups is 2. The summed E-state index contributed by atoms with van der Waals surface area (Å²) in [6, 6.07) is 6.17. The molecule has 1 saturated heterocycles. The zero-order valence-electron chi connectivity index (χ0n) is 19.4. The van der Waals surface area contributed by atoms with Crippen molar-refractivity contribution in [2.75, 3.05) is 44.6 Å². The summed E-state index contributed by atoms with van der Waals surface area (Å²) in [6.45, 7) is 2.80. The lowest BCUT2D eigenvalue weighted by molar-refractivity contribution is -0.117. The molecule has 2 N–H and O–H groups in total. The number of rotatable bonds is 6. The Bertz CT molecular complexity index is 1180. The zero-order chi connectivity index (χ0) is 24.7. The molecule has 2 aliphatic heterocycles. The van der Waals surface area contributed by atoms with Crippen molar-refractivity contribution in [1.82, 2.24) is 24.5 Å². The second-order valence-corrected chi connectivity index (χ2v) is 10.2. The van der Waals surface area contributed by atoms with Crippen molar-refractivity contribution >= 4 is 33.4 Å². The number of hydrogen-bond acceptors (Lipinski definition) is 8. The maximum absolute atomic E-state index is 12.8. The Labute approximate surface area is 204 Å². The number of nitrogens with zero attached hydrogens (tertiary/aromatic N) is 5. The lowest BCUT2D eigenvalue weighted by Gasteiger charge is -2.34. The molecular formula is C23H29N7O4S. The fourth-order valence-corrected chi connectivity index (χ4v) is 5.13. The van der Waals surface area contributed by atoms with Gasteiger partial charge >= 0.3 is 0 Å². The van der Waals surface area contributed by atoms with Gasteiger partial charge in [-0.25, -0.2) is 13.4 Å². The lowest BCUT2D eigenvalue weighted by atomic mass is 10.2. The second-order valence-electron chi connectivity index (χ2n) is 8.48. The maximum atomic E-state index is 12.8. The minimum absolute atomic E-state index is 0.0679. The molecule has 2 aliphatic rings. The predicted octanol–water partition coefficient (Wildman–Crippen LogP) is 1.12. The van der Waals surface area contributed by atoms with Crippen LogP contribution in [0.3, 0.4) is 0 Å². The summed E-state index contributed by atoms with van der Waals surface area (Å²) in [5.74, 6) is 0.0480. The van der Waals surface area contributed by atoms with Gasteiger partial charge in [0.25, 0.3) is 15.9 Å². The molecule has 11 nitrogen and oxygen atoms in total. The number of amides is 2. The van der Waals surface area contributed by atoms with Gasteiger partial charge in [0, 0.05) is 57.2 Å². The number of anilines is 1. The molecule has 0 bridgehead atoms. The van der Waals surface area contributed by atoms with Gasteiger partial charge in [0.2, 0.25) is 5.91 Å². The number of amidine groups is 1. The molecule has 0 unspecified atom stereocenters. The van der Waals surface area contributed by atoms with E-state index in [0.29, 0.717) is 56.4 Å². The molecule has 4 rings (SSSR count).